The second kappa shape index (κ2) is 3.66. The van der Waals surface area contributed by atoms with Crippen LogP contribution in [0.4, 0.5) is 0 Å². The first-order chi connectivity index (χ1) is 6.75. The number of esters is 1. The van der Waals surface area contributed by atoms with Crippen LogP contribution in [0, 0.1) is 0 Å². The Balaban J connectivity index is 2.19. The molecule has 0 aromatic heterocycles. The van der Waals surface area contributed by atoms with E-state index in [-0.39, 0.29) is 11.9 Å². The van der Waals surface area contributed by atoms with Gasteiger partial charge in [-0.1, -0.05) is 36.9 Å². The fourth-order valence-corrected chi connectivity index (χ4v) is 1.75. The number of carbonyl (C=O) groups excluding carboxylic acids is 1. The van der Waals surface area contributed by atoms with Gasteiger partial charge in [-0.15, -0.1) is 0 Å². The van der Waals surface area contributed by atoms with E-state index < -0.39 is 0 Å². The van der Waals surface area contributed by atoms with Crippen LogP contribution in [0.15, 0.2) is 42.7 Å². The highest BCUT2D eigenvalue weighted by molar-refractivity contribution is 5.73. The lowest BCUT2D eigenvalue weighted by atomic mass is 9.90. The van der Waals surface area contributed by atoms with Gasteiger partial charge >= 0.3 is 5.97 Å². The number of hydrogen-bond acceptors (Lipinski definition) is 2. The van der Waals surface area contributed by atoms with Crippen LogP contribution < -0.4 is 0 Å². The Hall–Kier alpha value is -1.57. The Bertz CT molecular complexity index is 338. The van der Waals surface area contributed by atoms with Crippen LogP contribution >= 0.6 is 0 Å². The van der Waals surface area contributed by atoms with Crippen LogP contribution in [0.25, 0.3) is 0 Å². The van der Waals surface area contributed by atoms with Gasteiger partial charge in [0.15, 0.2) is 0 Å². The van der Waals surface area contributed by atoms with Crippen LogP contribution in [0.1, 0.15) is 24.3 Å². The highest BCUT2D eigenvalue weighted by Gasteiger charge is 2.24. The van der Waals surface area contributed by atoms with E-state index in [1.807, 2.05) is 30.3 Å². The maximum absolute atomic E-state index is 11.2. The van der Waals surface area contributed by atoms with Crippen molar-refractivity contribution >= 4 is 5.97 Å². The van der Waals surface area contributed by atoms with Gasteiger partial charge in [0.05, 0.1) is 6.42 Å². The van der Waals surface area contributed by atoms with Crippen LogP contribution in [-0.4, -0.2) is 5.97 Å². The van der Waals surface area contributed by atoms with Crippen LogP contribution in [0.2, 0.25) is 0 Å². The topological polar surface area (TPSA) is 26.3 Å². The summed E-state index contributed by atoms with van der Waals surface area (Å²) in [4.78, 5) is 11.2. The van der Waals surface area contributed by atoms with Crippen molar-refractivity contribution in [3.05, 3.63) is 48.2 Å². The number of ether oxygens (including phenoxy) is 1. The third-order valence-electron chi connectivity index (χ3n) is 2.42. The summed E-state index contributed by atoms with van der Waals surface area (Å²) in [6.07, 6.45) is 1.21. The molecule has 0 amide bonds. The van der Waals surface area contributed by atoms with E-state index in [4.69, 9.17) is 4.74 Å². The average Bonchev–Trinajstić information content (AvgIpc) is 2.18. The molecule has 1 aliphatic heterocycles. The zero-order valence-corrected chi connectivity index (χ0v) is 7.90. The monoisotopic (exact) mass is 188 g/mol. The van der Waals surface area contributed by atoms with E-state index in [1.54, 1.807) is 0 Å². The second-order valence-electron chi connectivity index (χ2n) is 3.53. The summed E-state index contributed by atoms with van der Waals surface area (Å²) < 4.78 is 4.90. The molecule has 0 radical (unpaired) electrons. The van der Waals surface area contributed by atoms with E-state index in [1.165, 1.54) is 5.56 Å². The van der Waals surface area contributed by atoms with E-state index in [0.717, 1.165) is 6.42 Å². The summed E-state index contributed by atoms with van der Waals surface area (Å²) in [6.45, 7) is 3.70. The first-order valence-electron chi connectivity index (χ1n) is 4.69. The smallest absolute Gasteiger partial charge is 0.311 e. The van der Waals surface area contributed by atoms with Gasteiger partial charge in [0.2, 0.25) is 0 Å². The van der Waals surface area contributed by atoms with E-state index in [9.17, 15) is 4.79 Å². The molecule has 1 aliphatic rings. The Morgan fingerprint density at radius 2 is 1.93 bits per heavy atom. The lowest BCUT2D eigenvalue weighted by molar-refractivity contribution is -0.142. The predicted octanol–water partition coefficient (Wildman–Crippen LogP) is 2.62. The summed E-state index contributed by atoms with van der Waals surface area (Å²) in [6, 6.07) is 10.0. The molecular formula is C12H12O2. The zero-order valence-electron chi connectivity index (χ0n) is 7.90. The van der Waals surface area contributed by atoms with Gasteiger partial charge in [0, 0.05) is 12.3 Å². The molecule has 72 valence electrons. The highest BCUT2D eigenvalue weighted by Crippen LogP contribution is 2.31. The molecule has 1 atom stereocenters. The van der Waals surface area contributed by atoms with E-state index in [0.29, 0.717) is 12.2 Å². The van der Waals surface area contributed by atoms with Gasteiger partial charge in [-0.3, -0.25) is 4.79 Å². The number of hydrogen-bond donors (Lipinski definition) is 0. The average molecular weight is 188 g/mol. The highest BCUT2D eigenvalue weighted by atomic mass is 16.5. The molecule has 0 bridgehead atoms. The molecule has 14 heavy (non-hydrogen) atoms. The van der Waals surface area contributed by atoms with Crippen LogP contribution in [0.3, 0.4) is 0 Å². The van der Waals surface area contributed by atoms with E-state index >= 15 is 0 Å². The molecule has 2 heteroatoms. The van der Waals surface area contributed by atoms with Crippen molar-refractivity contribution in [3.63, 3.8) is 0 Å². The third kappa shape index (κ3) is 1.84. The molecule has 1 aromatic rings. The SMILES string of the molecule is C=C1C[C@H](c2ccccc2)CC(=O)O1. The first kappa shape index (κ1) is 9.00. The van der Waals surface area contributed by atoms with Crippen molar-refractivity contribution in [2.45, 2.75) is 18.8 Å². The van der Waals surface area contributed by atoms with Crippen LogP contribution in [0.5, 0.6) is 0 Å². The first-order valence-corrected chi connectivity index (χ1v) is 4.69. The van der Waals surface area contributed by atoms with E-state index in [2.05, 4.69) is 6.58 Å². The summed E-state index contributed by atoms with van der Waals surface area (Å²) in [5.74, 6) is 0.648. The largest absolute Gasteiger partial charge is 0.432 e. The Labute approximate surface area is 83.2 Å². The Morgan fingerprint density at radius 1 is 1.21 bits per heavy atom. The van der Waals surface area contributed by atoms with Gasteiger partial charge in [-0.2, -0.15) is 0 Å². The van der Waals surface area contributed by atoms with Crippen molar-refractivity contribution < 1.29 is 9.53 Å². The quantitative estimate of drug-likeness (QED) is 0.633. The molecule has 0 aliphatic carbocycles. The molecule has 2 nitrogen and oxygen atoms in total. The number of carbonyl (C=O) groups is 1. The summed E-state index contributed by atoms with van der Waals surface area (Å²) in [7, 11) is 0. The van der Waals surface area contributed by atoms with Crippen molar-refractivity contribution in [3.8, 4) is 0 Å². The third-order valence-corrected chi connectivity index (χ3v) is 2.42. The minimum atomic E-state index is -0.171. The number of cyclic esters (lactones) is 1. The van der Waals surface area contributed by atoms with Gasteiger partial charge in [0.1, 0.15) is 5.76 Å². The molecule has 1 fully saturated rings. The molecule has 1 saturated heterocycles. The van der Waals surface area contributed by atoms with Crippen molar-refractivity contribution in [1.29, 1.82) is 0 Å². The maximum Gasteiger partial charge on any atom is 0.311 e. The Morgan fingerprint density at radius 3 is 2.57 bits per heavy atom. The fraction of sp³-hybridized carbons (Fsp3) is 0.250. The lowest BCUT2D eigenvalue weighted by Gasteiger charge is -2.22. The Kier molecular flexibility index (Phi) is 2.35. The molecule has 0 saturated carbocycles. The number of allylic oxidation sites excluding steroid dienone is 1. The standard InChI is InChI=1S/C12H12O2/c1-9-7-11(8-12(13)14-9)10-5-3-2-4-6-10/h2-6,11H,1,7-8H2/t11-/m0/s1. The van der Waals surface area contributed by atoms with Crippen molar-refractivity contribution in [2.24, 2.45) is 0 Å². The van der Waals surface area contributed by atoms with Gasteiger partial charge in [0.25, 0.3) is 0 Å². The summed E-state index contributed by atoms with van der Waals surface area (Å²) in [5, 5.41) is 0. The summed E-state index contributed by atoms with van der Waals surface area (Å²) >= 11 is 0. The molecule has 1 aromatic carbocycles. The lowest BCUT2D eigenvalue weighted by Crippen LogP contribution is -2.17. The van der Waals surface area contributed by atoms with Gasteiger partial charge in [-0.25, -0.2) is 0 Å². The molecule has 2 rings (SSSR count). The number of benzene rings is 1. The maximum atomic E-state index is 11.2. The van der Waals surface area contributed by atoms with Crippen molar-refractivity contribution in [2.75, 3.05) is 0 Å². The van der Waals surface area contributed by atoms with Gasteiger partial charge < -0.3 is 4.74 Å². The zero-order chi connectivity index (χ0) is 9.97. The number of rotatable bonds is 1. The second-order valence-corrected chi connectivity index (χ2v) is 3.53. The van der Waals surface area contributed by atoms with Crippen LogP contribution in [-0.2, 0) is 9.53 Å². The minimum Gasteiger partial charge on any atom is -0.432 e. The molecule has 0 N–H and O–H groups in total. The predicted molar refractivity (Wildman–Crippen MR) is 53.6 cm³/mol. The minimum absolute atomic E-state index is 0.171. The molecule has 0 unspecified atom stereocenters. The fourth-order valence-electron chi connectivity index (χ4n) is 1.75. The van der Waals surface area contributed by atoms with Gasteiger partial charge in [-0.05, 0) is 5.56 Å². The molecular weight excluding hydrogens is 176 g/mol. The molecule has 0 spiro atoms. The van der Waals surface area contributed by atoms with Crippen molar-refractivity contribution in [1.82, 2.24) is 0 Å². The summed E-state index contributed by atoms with van der Waals surface area (Å²) in [5.41, 5.74) is 1.19. The normalized spacial score (nSPS) is 21.9. The molecule has 1 heterocycles.